The molecule has 0 aliphatic heterocycles. The van der Waals surface area contributed by atoms with E-state index in [1.807, 2.05) is 23.6 Å². The number of non-ortho nitro benzene ring substituents is 1. The molecule has 0 aliphatic carbocycles. The lowest BCUT2D eigenvalue weighted by atomic mass is 10.2. The zero-order valence-electron chi connectivity index (χ0n) is 17.2. The Kier molecular flexibility index (Phi) is 7.44. The third-order valence-electron chi connectivity index (χ3n) is 4.26. The highest BCUT2D eigenvalue weighted by Gasteiger charge is 2.16. The van der Waals surface area contributed by atoms with Crippen molar-refractivity contribution in [3.05, 3.63) is 57.6 Å². The number of hydrogen-bond donors (Lipinski definition) is 2. The summed E-state index contributed by atoms with van der Waals surface area (Å²) < 4.78 is 1.87. The van der Waals surface area contributed by atoms with Crippen molar-refractivity contribution in [2.24, 2.45) is 0 Å². The average Bonchev–Trinajstić information content (AvgIpc) is 3.16. The van der Waals surface area contributed by atoms with Crippen LogP contribution in [-0.2, 0) is 16.1 Å². The summed E-state index contributed by atoms with van der Waals surface area (Å²) in [5, 5.41) is 25.4. The number of anilines is 2. The molecule has 0 bridgehead atoms. The fourth-order valence-corrected chi connectivity index (χ4v) is 3.81. The van der Waals surface area contributed by atoms with E-state index in [2.05, 4.69) is 20.8 Å². The van der Waals surface area contributed by atoms with Gasteiger partial charge >= 0.3 is 0 Å². The Bertz CT molecular complexity index is 1170. The van der Waals surface area contributed by atoms with Crippen molar-refractivity contribution in [2.45, 2.75) is 25.5 Å². The second-order valence-electron chi connectivity index (χ2n) is 6.57. The van der Waals surface area contributed by atoms with Gasteiger partial charge in [-0.05, 0) is 37.3 Å². The molecular formula is C20H19ClN6O4S. The number of halogens is 1. The maximum atomic E-state index is 12.4. The molecule has 1 aromatic heterocycles. The SMILES string of the molecule is CCn1c(SCC(=O)Nc2cc([N+](=O)[O-])ccc2Cl)nnc1-c1ccc(NC(C)=O)cc1. The van der Waals surface area contributed by atoms with Crippen molar-refractivity contribution in [3.63, 3.8) is 0 Å². The van der Waals surface area contributed by atoms with Gasteiger partial charge in [-0.3, -0.25) is 19.7 Å². The van der Waals surface area contributed by atoms with Crippen LogP contribution in [0.4, 0.5) is 17.1 Å². The van der Waals surface area contributed by atoms with E-state index < -0.39 is 4.92 Å². The van der Waals surface area contributed by atoms with Gasteiger partial charge in [0.25, 0.3) is 5.69 Å². The molecule has 0 aliphatic rings. The number of benzene rings is 2. The number of carbonyl (C=O) groups is 2. The third-order valence-corrected chi connectivity index (χ3v) is 5.56. The lowest BCUT2D eigenvalue weighted by Crippen LogP contribution is -2.15. The van der Waals surface area contributed by atoms with Crippen LogP contribution in [0.2, 0.25) is 5.02 Å². The summed E-state index contributed by atoms with van der Waals surface area (Å²) in [5.74, 6) is 0.104. The zero-order chi connectivity index (χ0) is 23.3. The van der Waals surface area contributed by atoms with Crippen LogP contribution < -0.4 is 10.6 Å². The molecule has 0 unspecified atom stereocenters. The molecule has 10 nitrogen and oxygen atoms in total. The van der Waals surface area contributed by atoms with Gasteiger partial charge in [0.15, 0.2) is 11.0 Å². The van der Waals surface area contributed by atoms with Crippen molar-refractivity contribution < 1.29 is 14.5 Å². The molecule has 0 atom stereocenters. The predicted molar refractivity (Wildman–Crippen MR) is 123 cm³/mol. The van der Waals surface area contributed by atoms with Crippen molar-refractivity contribution in [2.75, 3.05) is 16.4 Å². The van der Waals surface area contributed by atoms with Crippen LogP contribution in [0.25, 0.3) is 11.4 Å². The highest BCUT2D eigenvalue weighted by Crippen LogP contribution is 2.28. The first kappa shape index (κ1) is 23.2. The van der Waals surface area contributed by atoms with E-state index in [4.69, 9.17) is 11.6 Å². The van der Waals surface area contributed by atoms with Crippen LogP contribution in [0.1, 0.15) is 13.8 Å². The summed E-state index contributed by atoms with van der Waals surface area (Å²) in [6, 6.07) is 11.0. The van der Waals surface area contributed by atoms with Crippen LogP contribution in [0.15, 0.2) is 47.6 Å². The van der Waals surface area contributed by atoms with E-state index in [0.29, 0.717) is 23.2 Å². The number of thioether (sulfide) groups is 1. The highest BCUT2D eigenvalue weighted by atomic mass is 35.5. The molecule has 0 radical (unpaired) electrons. The minimum atomic E-state index is -0.561. The van der Waals surface area contributed by atoms with E-state index in [0.717, 1.165) is 5.56 Å². The maximum Gasteiger partial charge on any atom is 0.271 e. The summed E-state index contributed by atoms with van der Waals surface area (Å²) in [5.41, 5.74) is 1.49. The predicted octanol–water partition coefficient (Wildman–Crippen LogP) is 4.22. The number of nitro groups is 1. The Morgan fingerprint density at radius 2 is 1.88 bits per heavy atom. The second-order valence-corrected chi connectivity index (χ2v) is 7.92. The number of nitro benzene ring substituents is 1. The lowest BCUT2D eigenvalue weighted by molar-refractivity contribution is -0.384. The molecule has 0 saturated carbocycles. The number of aromatic nitrogens is 3. The minimum absolute atomic E-state index is 0.0125. The molecule has 0 spiro atoms. The average molecular weight is 475 g/mol. The molecule has 2 amide bonds. The first-order chi connectivity index (χ1) is 15.3. The van der Waals surface area contributed by atoms with Gasteiger partial charge in [-0.15, -0.1) is 10.2 Å². The third kappa shape index (κ3) is 5.62. The molecule has 12 heteroatoms. The molecular weight excluding hydrogens is 456 g/mol. The molecule has 2 aromatic carbocycles. The molecule has 0 saturated heterocycles. The summed E-state index contributed by atoms with van der Waals surface area (Å²) in [6.45, 7) is 3.95. The first-order valence-corrected chi connectivity index (χ1v) is 10.8. The molecule has 0 fully saturated rings. The fraction of sp³-hybridized carbons (Fsp3) is 0.200. The minimum Gasteiger partial charge on any atom is -0.326 e. The normalized spacial score (nSPS) is 10.6. The smallest absolute Gasteiger partial charge is 0.271 e. The van der Waals surface area contributed by atoms with Gasteiger partial charge in [0, 0.05) is 36.9 Å². The lowest BCUT2D eigenvalue weighted by Gasteiger charge is -2.09. The van der Waals surface area contributed by atoms with E-state index in [9.17, 15) is 19.7 Å². The van der Waals surface area contributed by atoms with Crippen molar-refractivity contribution in [3.8, 4) is 11.4 Å². The Balaban J connectivity index is 1.69. The number of amides is 2. The van der Waals surface area contributed by atoms with Crippen molar-refractivity contribution in [1.29, 1.82) is 0 Å². The van der Waals surface area contributed by atoms with Gasteiger partial charge in [0.1, 0.15) is 0 Å². The number of carbonyl (C=O) groups excluding carboxylic acids is 2. The number of nitrogens with zero attached hydrogens (tertiary/aromatic N) is 4. The number of nitrogens with one attached hydrogen (secondary N) is 2. The van der Waals surface area contributed by atoms with E-state index in [1.54, 1.807) is 12.1 Å². The first-order valence-electron chi connectivity index (χ1n) is 9.46. The molecule has 166 valence electrons. The summed E-state index contributed by atoms with van der Waals surface area (Å²) in [7, 11) is 0. The summed E-state index contributed by atoms with van der Waals surface area (Å²) in [4.78, 5) is 33.9. The summed E-state index contributed by atoms with van der Waals surface area (Å²) >= 11 is 7.21. The quantitative estimate of drug-likeness (QED) is 0.284. The van der Waals surface area contributed by atoms with Crippen LogP contribution in [0.5, 0.6) is 0 Å². The van der Waals surface area contributed by atoms with Crippen LogP contribution in [-0.4, -0.2) is 37.3 Å². The zero-order valence-corrected chi connectivity index (χ0v) is 18.7. The van der Waals surface area contributed by atoms with E-state index in [-0.39, 0.29) is 34.0 Å². The van der Waals surface area contributed by atoms with Gasteiger partial charge in [0.05, 0.1) is 21.4 Å². The summed E-state index contributed by atoms with van der Waals surface area (Å²) in [6.07, 6.45) is 0. The standard InChI is InChI=1S/C20H19ClN6O4S/c1-3-26-19(13-4-6-14(7-5-13)22-12(2)28)24-25-20(26)32-11-18(29)23-17-10-15(27(30)31)8-9-16(17)21/h4-10H,3,11H2,1-2H3,(H,22,28)(H,23,29). The molecule has 3 aromatic rings. The molecule has 3 rings (SSSR count). The molecule has 2 N–H and O–H groups in total. The van der Waals surface area contributed by atoms with Gasteiger partial charge < -0.3 is 15.2 Å². The maximum absolute atomic E-state index is 12.4. The van der Waals surface area contributed by atoms with E-state index >= 15 is 0 Å². The fourth-order valence-electron chi connectivity index (χ4n) is 2.84. The topological polar surface area (TPSA) is 132 Å². The Hall–Kier alpha value is -3.44. The Morgan fingerprint density at radius 3 is 2.50 bits per heavy atom. The molecule has 32 heavy (non-hydrogen) atoms. The van der Waals surface area contributed by atoms with Crippen molar-refractivity contribution >= 4 is 52.2 Å². The monoisotopic (exact) mass is 474 g/mol. The number of rotatable bonds is 8. The van der Waals surface area contributed by atoms with Gasteiger partial charge in [-0.25, -0.2) is 0 Å². The van der Waals surface area contributed by atoms with Crippen LogP contribution >= 0.6 is 23.4 Å². The Labute approximate surface area is 192 Å². The largest absolute Gasteiger partial charge is 0.326 e. The number of hydrogen-bond acceptors (Lipinski definition) is 7. The Morgan fingerprint density at radius 1 is 1.16 bits per heavy atom. The van der Waals surface area contributed by atoms with Gasteiger partial charge in [-0.2, -0.15) is 0 Å². The second kappa shape index (κ2) is 10.2. The van der Waals surface area contributed by atoms with Crippen molar-refractivity contribution in [1.82, 2.24) is 14.8 Å². The molecule has 1 heterocycles. The van der Waals surface area contributed by atoms with E-state index in [1.165, 1.54) is 36.9 Å². The van der Waals surface area contributed by atoms with Gasteiger partial charge in [-0.1, -0.05) is 23.4 Å². The highest BCUT2D eigenvalue weighted by molar-refractivity contribution is 7.99. The van der Waals surface area contributed by atoms with Crippen LogP contribution in [0.3, 0.4) is 0 Å². The van der Waals surface area contributed by atoms with Gasteiger partial charge in [0.2, 0.25) is 11.8 Å². The van der Waals surface area contributed by atoms with Crippen LogP contribution in [0, 0.1) is 10.1 Å².